The first-order valence-corrected chi connectivity index (χ1v) is 22.5. The predicted octanol–water partition coefficient (Wildman–Crippen LogP) is 14.8. The molecule has 0 amide bonds. The van der Waals surface area contributed by atoms with Crippen LogP contribution in [-0.4, -0.2) is 19.9 Å². The number of pyridine rings is 1. The highest BCUT2D eigenvalue weighted by Gasteiger charge is 2.51. The van der Waals surface area contributed by atoms with E-state index in [2.05, 4.69) is 138 Å². The Balaban J connectivity index is 0.995. The molecule has 10 aromatic rings. The molecular weight excluding hydrogens is 769 g/mol. The fourth-order valence-corrected chi connectivity index (χ4v) is 12.0. The molecule has 4 fully saturated rings. The van der Waals surface area contributed by atoms with Gasteiger partial charge in [-0.05, 0) is 131 Å². The van der Waals surface area contributed by atoms with Crippen LogP contribution < -0.4 is 0 Å². The van der Waals surface area contributed by atoms with Crippen molar-refractivity contribution in [3.05, 3.63) is 182 Å². The third-order valence-electron chi connectivity index (χ3n) is 14.6. The summed E-state index contributed by atoms with van der Waals surface area (Å²) in [5, 5.41) is 4.53. The van der Waals surface area contributed by atoms with Gasteiger partial charge in [-0.1, -0.05) is 133 Å². The lowest BCUT2D eigenvalue weighted by atomic mass is 9.48. The van der Waals surface area contributed by atoms with Crippen LogP contribution in [0.3, 0.4) is 0 Å². The van der Waals surface area contributed by atoms with Crippen LogP contribution >= 0.6 is 0 Å². The maximum Gasteiger partial charge on any atom is 0.164 e. The molecule has 14 rings (SSSR count). The molecule has 4 bridgehead atoms. The zero-order valence-corrected chi connectivity index (χ0v) is 34.9. The lowest BCUT2D eigenvalue weighted by Gasteiger charge is -2.57. The van der Waals surface area contributed by atoms with Crippen molar-refractivity contribution < 1.29 is 4.42 Å². The van der Waals surface area contributed by atoms with Gasteiger partial charge in [-0.2, -0.15) is 0 Å². The molecule has 7 aromatic carbocycles. The van der Waals surface area contributed by atoms with E-state index >= 15 is 0 Å². The van der Waals surface area contributed by atoms with Crippen molar-refractivity contribution in [2.45, 2.75) is 43.9 Å². The highest BCUT2D eigenvalue weighted by molar-refractivity contribution is 6.14. The van der Waals surface area contributed by atoms with Gasteiger partial charge in [0.05, 0.1) is 0 Å². The zero-order chi connectivity index (χ0) is 41.5. The number of aromatic nitrogens is 4. The van der Waals surface area contributed by atoms with Gasteiger partial charge in [-0.3, -0.25) is 4.98 Å². The average molecular weight is 813 g/mol. The lowest BCUT2D eigenvalue weighted by Crippen LogP contribution is -2.48. The van der Waals surface area contributed by atoms with Crippen LogP contribution in [0.15, 0.2) is 181 Å². The maximum atomic E-state index is 7.13. The average Bonchev–Trinajstić information content (AvgIpc) is 3.73. The van der Waals surface area contributed by atoms with E-state index < -0.39 is 0 Å². The van der Waals surface area contributed by atoms with E-state index in [0.717, 1.165) is 89.8 Å². The van der Waals surface area contributed by atoms with Crippen LogP contribution in [0, 0.1) is 17.8 Å². The largest absolute Gasteiger partial charge is 0.455 e. The van der Waals surface area contributed by atoms with Gasteiger partial charge in [0, 0.05) is 51.0 Å². The summed E-state index contributed by atoms with van der Waals surface area (Å²) < 4.78 is 7.13. The number of nitrogens with zero attached hydrogens (tertiary/aromatic N) is 4. The second-order valence-electron chi connectivity index (χ2n) is 18.5. The van der Waals surface area contributed by atoms with Crippen LogP contribution in [0.4, 0.5) is 0 Å². The van der Waals surface area contributed by atoms with Crippen LogP contribution in [0.5, 0.6) is 0 Å². The quantitative estimate of drug-likeness (QED) is 0.160. The maximum absolute atomic E-state index is 7.13. The smallest absolute Gasteiger partial charge is 0.164 e. The molecule has 0 N–H and O–H groups in total. The number of fused-ring (bicyclic) bond motifs is 4. The van der Waals surface area contributed by atoms with Gasteiger partial charge in [-0.25, -0.2) is 15.0 Å². The molecule has 63 heavy (non-hydrogen) atoms. The fourth-order valence-electron chi connectivity index (χ4n) is 12.0. The molecule has 0 unspecified atom stereocenters. The highest BCUT2D eigenvalue weighted by Crippen LogP contribution is 2.61. The number of benzene rings is 7. The summed E-state index contributed by atoms with van der Waals surface area (Å²) in [5.74, 6) is 4.55. The molecule has 4 aliphatic carbocycles. The van der Waals surface area contributed by atoms with Crippen molar-refractivity contribution in [3.8, 4) is 67.5 Å². The van der Waals surface area contributed by atoms with Crippen LogP contribution in [0.1, 0.15) is 44.1 Å². The summed E-state index contributed by atoms with van der Waals surface area (Å²) in [6, 6.07) is 58.5. The Labute approximate surface area is 366 Å². The Kier molecular flexibility index (Phi) is 8.34. The molecule has 4 saturated carbocycles. The van der Waals surface area contributed by atoms with Crippen molar-refractivity contribution in [2.24, 2.45) is 17.8 Å². The SMILES string of the molecule is c1ccc(-c2nc(-c3ccc(-c4ccncc4)cc3)nc(-c3cc(-c4ccc(C56CC7CC(CC(C7)C5)C6)cc4)c4oc5c(-c6ccc7ccccc7c6)cccc5c4c3)n2)cc1. The summed E-state index contributed by atoms with van der Waals surface area (Å²) in [4.78, 5) is 19.8. The summed E-state index contributed by atoms with van der Waals surface area (Å²) in [5.41, 5.74) is 12.9. The van der Waals surface area contributed by atoms with E-state index in [4.69, 9.17) is 19.4 Å². The van der Waals surface area contributed by atoms with E-state index in [1.165, 1.54) is 54.9 Å². The normalized spacial score (nSPS) is 20.2. The topological polar surface area (TPSA) is 64.7 Å². The van der Waals surface area contributed by atoms with E-state index in [-0.39, 0.29) is 0 Å². The van der Waals surface area contributed by atoms with Gasteiger partial charge in [-0.15, -0.1) is 0 Å². The molecule has 0 radical (unpaired) electrons. The molecule has 5 heteroatoms. The van der Waals surface area contributed by atoms with Gasteiger partial charge < -0.3 is 4.42 Å². The fraction of sp³-hybridized carbons (Fsp3) is 0.172. The molecular formula is C58H44N4O. The Morgan fingerprint density at radius 3 is 1.68 bits per heavy atom. The second-order valence-corrected chi connectivity index (χ2v) is 18.5. The van der Waals surface area contributed by atoms with Crippen molar-refractivity contribution in [1.29, 1.82) is 0 Å². The minimum atomic E-state index is 0.324. The van der Waals surface area contributed by atoms with Crippen molar-refractivity contribution >= 4 is 32.7 Å². The third kappa shape index (κ3) is 6.28. The Bertz CT molecular complexity index is 3320. The third-order valence-corrected chi connectivity index (χ3v) is 14.6. The molecule has 0 saturated heterocycles. The van der Waals surface area contributed by atoms with Crippen LogP contribution in [-0.2, 0) is 5.41 Å². The van der Waals surface area contributed by atoms with Crippen molar-refractivity contribution in [2.75, 3.05) is 0 Å². The first-order valence-electron chi connectivity index (χ1n) is 22.5. The first-order chi connectivity index (χ1) is 31.1. The molecule has 0 spiro atoms. The Morgan fingerprint density at radius 1 is 0.397 bits per heavy atom. The number of rotatable bonds is 7. The summed E-state index contributed by atoms with van der Waals surface area (Å²) in [6.07, 6.45) is 12.0. The molecule has 3 heterocycles. The highest BCUT2D eigenvalue weighted by atomic mass is 16.3. The van der Waals surface area contributed by atoms with E-state index in [1.807, 2.05) is 42.7 Å². The van der Waals surface area contributed by atoms with Gasteiger partial charge in [0.25, 0.3) is 0 Å². The zero-order valence-electron chi connectivity index (χ0n) is 34.9. The Hall–Kier alpha value is -7.24. The van der Waals surface area contributed by atoms with Crippen molar-refractivity contribution in [3.63, 3.8) is 0 Å². The second kappa shape index (κ2) is 14.4. The van der Waals surface area contributed by atoms with Gasteiger partial charge in [0.2, 0.25) is 0 Å². The minimum absolute atomic E-state index is 0.324. The number of hydrogen-bond acceptors (Lipinski definition) is 5. The molecule has 0 atom stereocenters. The van der Waals surface area contributed by atoms with Gasteiger partial charge >= 0.3 is 0 Å². The van der Waals surface area contributed by atoms with Crippen molar-refractivity contribution in [1.82, 2.24) is 19.9 Å². The molecule has 3 aromatic heterocycles. The molecule has 0 aliphatic heterocycles. The van der Waals surface area contributed by atoms with E-state index in [0.29, 0.717) is 22.9 Å². The van der Waals surface area contributed by atoms with Gasteiger partial charge in [0.1, 0.15) is 11.2 Å². The molecule has 4 aliphatic rings. The molecule has 5 nitrogen and oxygen atoms in total. The summed E-state index contributed by atoms with van der Waals surface area (Å²) in [6.45, 7) is 0. The number of furan rings is 1. The number of hydrogen-bond donors (Lipinski definition) is 0. The van der Waals surface area contributed by atoms with Crippen LogP contribution in [0.25, 0.3) is 100 Å². The first kappa shape index (κ1) is 36.4. The lowest BCUT2D eigenvalue weighted by molar-refractivity contribution is -0.00518. The van der Waals surface area contributed by atoms with E-state index in [9.17, 15) is 0 Å². The monoisotopic (exact) mass is 812 g/mol. The van der Waals surface area contributed by atoms with Gasteiger partial charge in [0.15, 0.2) is 17.5 Å². The van der Waals surface area contributed by atoms with Crippen LogP contribution in [0.2, 0.25) is 0 Å². The molecule has 302 valence electrons. The Morgan fingerprint density at radius 2 is 0.968 bits per heavy atom. The number of para-hydroxylation sites is 1. The minimum Gasteiger partial charge on any atom is -0.455 e. The summed E-state index contributed by atoms with van der Waals surface area (Å²) >= 11 is 0. The summed E-state index contributed by atoms with van der Waals surface area (Å²) in [7, 11) is 0. The van der Waals surface area contributed by atoms with E-state index in [1.54, 1.807) is 0 Å². The standard InChI is InChI=1S/C58H44N4O/c1-2-8-43(9-3-1)55-60-56(44-16-13-40(14-17-44)41-23-25-59-26-24-41)62-57(61-55)47-31-51(42-19-21-48(22-20-42)58-33-36-27-37(34-58)29-38(28-36)35-58)54-52(32-47)50-12-6-11-49(53(50)63-54)46-18-15-39-7-4-5-10-45(39)30-46/h1-26,30-32,36-38H,27-29,33-35H2. The predicted molar refractivity (Wildman–Crippen MR) is 255 cm³/mol.